The van der Waals surface area contributed by atoms with E-state index in [1.54, 1.807) is 12.3 Å². The lowest BCUT2D eigenvalue weighted by molar-refractivity contribution is 0.122. The van der Waals surface area contributed by atoms with Crippen molar-refractivity contribution in [2.45, 2.75) is 13.0 Å². The van der Waals surface area contributed by atoms with Crippen LogP contribution in [0, 0.1) is 0 Å². The van der Waals surface area contributed by atoms with E-state index < -0.39 is 0 Å². The van der Waals surface area contributed by atoms with Gasteiger partial charge in [-0.25, -0.2) is 9.97 Å². The van der Waals surface area contributed by atoms with Crippen LogP contribution in [0.2, 0.25) is 5.02 Å². The molecule has 0 saturated carbocycles. The highest BCUT2D eigenvalue weighted by Crippen LogP contribution is 2.30. The molecule has 158 valence electrons. The van der Waals surface area contributed by atoms with Crippen LogP contribution >= 0.6 is 11.6 Å². The third kappa shape index (κ3) is 4.62. The van der Waals surface area contributed by atoms with E-state index in [1.807, 2.05) is 12.3 Å². The first-order valence-electron chi connectivity index (χ1n) is 10.3. The maximum Gasteiger partial charge on any atom is 0.138 e. The predicted octanol–water partition coefficient (Wildman–Crippen LogP) is 4.58. The summed E-state index contributed by atoms with van der Waals surface area (Å²) >= 11 is 5.95. The van der Waals surface area contributed by atoms with E-state index in [0.717, 1.165) is 55.6 Å². The summed E-state index contributed by atoms with van der Waals surface area (Å²) < 4.78 is 5.45. The molecule has 2 N–H and O–H groups in total. The number of aliphatic imine (C=N–C) groups is 1. The molecule has 1 saturated heterocycles. The van der Waals surface area contributed by atoms with E-state index in [4.69, 9.17) is 21.3 Å². The lowest BCUT2D eigenvalue weighted by Crippen LogP contribution is -2.36. The summed E-state index contributed by atoms with van der Waals surface area (Å²) in [6, 6.07) is 14.1. The number of hydrogen-bond acceptors (Lipinski definition) is 7. The first-order chi connectivity index (χ1) is 15.2. The Bertz CT molecular complexity index is 1080. The number of ether oxygens (including phenoxy) is 1. The highest BCUT2D eigenvalue weighted by atomic mass is 35.5. The Kier molecular flexibility index (Phi) is 5.69. The molecule has 0 atom stereocenters. The number of fused-ring (bicyclic) bond motifs is 1. The maximum absolute atomic E-state index is 5.95. The fourth-order valence-corrected chi connectivity index (χ4v) is 3.88. The van der Waals surface area contributed by atoms with Gasteiger partial charge in [0.05, 0.1) is 24.8 Å². The number of benzene rings is 1. The lowest BCUT2D eigenvalue weighted by atomic mass is 10.0. The van der Waals surface area contributed by atoms with Crippen LogP contribution < -0.4 is 15.5 Å². The standard InChI is InChI=1S/C23H23ClN6O/c24-17-1-6-21(26-14-17)28-22-13-16-7-8-25-15-20(16)23(29-22)27-18-2-4-19(5-3-18)30-9-11-31-12-10-30/h1-6,8,13-14H,7,9-12,15H2,(H2,26,27,28,29). The highest BCUT2D eigenvalue weighted by Gasteiger charge is 2.16. The van der Waals surface area contributed by atoms with Crippen LogP contribution in [0.4, 0.5) is 28.8 Å². The minimum Gasteiger partial charge on any atom is -0.378 e. The van der Waals surface area contributed by atoms with Gasteiger partial charge in [-0.15, -0.1) is 0 Å². The average Bonchev–Trinajstić information content (AvgIpc) is 2.82. The van der Waals surface area contributed by atoms with E-state index in [1.165, 1.54) is 11.3 Å². The summed E-state index contributed by atoms with van der Waals surface area (Å²) in [6.07, 6.45) is 4.35. The number of hydrogen-bond donors (Lipinski definition) is 2. The zero-order valence-electron chi connectivity index (χ0n) is 17.0. The van der Waals surface area contributed by atoms with Gasteiger partial charge in [-0.05, 0) is 48.0 Å². The first kappa shape index (κ1) is 19.8. The molecule has 5 rings (SSSR count). The van der Waals surface area contributed by atoms with Gasteiger partial charge in [-0.1, -0.05) is 11.6 Å². The molecule has 1 aromatic carbocycles. The maximum atomic E-state index is 5.95. The molecule has 31 heavy (non-hydrogen) atoms. The van der Waals surface area contributed by atoms with Crippen molar-refractivity contribution < 1.29 is 4.74 Å². The van der Waals surface area contributed by atoms with E-state index >= 15 is 0 Å². The molecule has 0 amide bonds. The number of nitrogens with one attached hydrogen (secondary N) is 2. The molecule has 4 heterocycles. The van der Waals surface area contributed by atoms with Gasteiger partial charge in [0.25, 0.3) is 0 Å². The van der Waals surface area contributed by atoms with Crippen LogP contribution in [0.15, 0.2) is 53.7 Å². The normalized spacial score (nSPS) is 15.5. The number of rotatable bonds is 5. The van der Waals surface area contributed by atoms with E-state index in [0.29, 0.717) is 17.4 Å². The van der Waals surface area contributed by atoms with Crippen molar-refractivity contribution in [3.8, 4) is 0 Å². The molecule has 3 aromatic rings. The van der Waals surface area contributed by atoms with Crippen molar-refractivity contribution in [2.75, 3.05) is 41.8 Å². The van der Waals surface area contributed by atoms with Crippen LogP contribution in [-0.4, -0.2) is 42.5 Å². The third-order valence-corrected chi connectivity index (χ3v) is 5.62. The van der Waals surface area contributed by atoms with Crippen molar-refractivity contribution in [3.05, 3.63) is 64.8 Å². The van der Waals surface area contributed by atoms with Crippen LogP contribution in [0.25, 0.3) is 0 Å². The summed E-state index contributed by atoms with van der Waals surface area (Å²) in [5.41, 5.74) is 4.52. The molecule has 0 radical (unpaired) electrons. The summed E-state index contributed by atoms with van der Waals surface area (Å²) in [7, 11) is 0. The number of morpholine rings is 1. The molecule has 0 unspecified atom stereocenters. The van der Waals surface area contributed by atoms with Crippen molar-refractivity contribution >= 4 is 46.6 Å². The summed E-state index contributed by atoms with van der Waals surface area (Å²) in [6.45, 7) is 4.02. The van der Waals surface area contributed by atoms with E-state index in [9.17, 15) is 0 Å². The molecule has 2 aliphatic rings. The van der Waals surface area contributed by atoms with Gasteiger partial charge in [0.2, 0.25) is 0 Å². The fourth-order valence-electron chi connectivity index (χ4n) is 3.76. The molecule has 8 heteroatoms. The van der Waals surface area contributed by atoms with Crippen molar-refractivity contribution in [1.29, 1.82) is 0 Å². The molecule has 2 aromatic heterocycles. The van der Waals surface area contributed by atoms with E-state index in [-0.39, 0.29) is 0 Å². The molecule has 7 nitrogen and oxygen atoms in total. The summed E-state index contributed by atoms with van der Waals surface area (Å²) in [4.78, 5) is 15.9. The number of nitrogens with zero attached hydrogens (tertiary/aromatic N) is 4. The first-order valence-corrected chi connectivity index (χ1v) is 10.7. The zero-order chi connectivity index (χ0) is 21.0. The molecule has 0 aliphatic carbocycles. The summed E-state index contributed by atoms with van der Waals surface area (Å²) in [5.74, 6) is 2.24. The monoisotopic (exact) mass is 434 g/mol. The van der Waals surface area contributed by atoms with Gasteiger partial charge < -0.3 is 20.3 Å². The zero-order valence-corrected chi connectivity index (χ0v) is 17.8. The van der Waals surface area contributed by atoms with Crippen LogP contribution in [0.5, 0.6) is 0 Å². The van der Waals surface area contributed by atoms with Gasteiger partial charge in [0.1, 0.15) is 17.5 Å². The fraction of sp³-hybridized carbons (Fsp3) is 0.261. The lowest BCUT2D eigenvalue weighted by Gasteiger charge is -2.29. The molecule has 1 fully saturated rings. The summed E-state index contributed by atoms with van der Waals surface area (Å²) in [5, 5.41) is 7.36. The van der Waals surface area contributed by atoms with Crippen molar-refractivity contribution in [1.82, 2.24) is 9.97 Å². The second-order valence-electron chi connectivity index (χ2n) is 7.48. The Morgan fingerprint density at radius 3 is 2.58 bits per heavy atom. The topological polar surface area (TPSA) is 74.7 Å². The van der Waals surface area contributed by atoms with Crippen LogP contribution in [0.1, 0.15) is 11.1 Å². The molecular formula is C23H23ClN6O. The van der Waals surface area contributed by atoms with Gasteiger partial charge in [0.15, 0.2) is 0 Å². The molecule has 0 spiro atoms. The highest BCUT2D eigenvalue weighted by molar-refractivity contribution is 6.30. The third-order valence-electron chi connectivity index (χ3n) is 5.40. The van der Waals surface area contributed by atoms with Gasteiger partial charge in [0, 0.05) is 48.9 Å². The number of anilines is 5. The Hall–Kier alpha value is -3.16. The number of pyridine rings is 2. The SMILES string of the molecule is Clc1ccc(Nc2cc3c(c(Nc4ccc(N5CCOCC5)cc4)n2)CN=CC3)nc1. The van der Waals surface area contributed by atoms with Crippen molar-refractivity contribution in [3.63, 3.8) is 0 Å². The second kappa shape index (κ2) is 8.91. The quantitative estimate of drug-likeness (QED) is 0.612. The predicted molar refractivity (Wildman–Crippen MR) is 125 cm³/mol. The van der Waals surface area contributed by atoms with Crippen molar-refractivity contribution in [2.24, 2.45) is 4.99 Å². The largest absolute Gasteiger partial charge is 0.378 e. The smallest absolute Gasteiger partial charge is 0.138 e. The molecular weight excluding hydrogens is 412 g/mol. The average molecular weight is 435 g/mol. The Labute approximate surface area is 186 Å². The van der Waals surface area contributed by atoms with Gasteiger partial charge in [-0.2, -0.15) is 0 Å². The Balaban J connectivity index is 1.39. The number of halogens is 1. The van der Waals surface area contributed by atoms with E-state index in [2.05, 4.69) is 55.8 Å². The minimum atomic E-state index is 0.600. The van der Waals surface area contributed by atoms with Gasteiger partial charge in [-0.3, -0.25) is 4.99 Å². The Morgan fingerprint density at radius 2 is 1.81 bits per heavy atom. The Morgan fingerprint density at radius 1 is 0.968 bits per heavy atom. The van der Waals surface area contributed by atoms with Crippen LogP contribution in [-0.2, 0) is 17.7 Å². The molecule has 2 aliphatic heterocycles. The second-order valence-corrected chi connectivity index (χ2v) is 7.92. The number of aromatic nitrogens is 2. The molecule has 0 bridgehead atoms. The van der Waals surface area contributed by atoms with Crippen LogP contribution in [0.3, 0.4) is 0 Å². The minimum absolute atomic E-state index is 0.600. The van der Waals surface area contributed by atoms with Gasteiger partial charge >= 0.3 is 0 Å².